The fraction of sp³-hybridized carbons (Fsp3) is 0.176. The van der Waals surface area contributed by atoms with Crippen LogP contribution in [0.2, 0.25) is 0 Å². The molecule has 1 unspecified atom stereocenters. The summed E-state index contributed by atoms with van der Waals surface area (Å²) >= 11 is 0. The molecule has 126 valence electrons. The van der Waals surface area contributed by atoms with Crippen LogP contribution in [0.4, 0.5) is 4.79 Å². The molecule has 2 rings (SSSR count). The summed E-state index contributed by atoms with van der Waals surface area (Å²) in [6, 6.07) is 14.6. The van der Waals surface area contributed by atoms with Gasteiger partial charge in [0.2, 0.25) is 0 Å². The molecule has 0 radical (unpaired) electrons. The molecule has 2 aromatic rings. The number of hydrogen-bond acceptors (Lipinski definition) is 4. The third kappa shape index (κ3) is 4.42. The molecule has 0 bridgehead atoms. The number of carbonyl (C=O) groups excluding carboxylic acids is 1. The summed E-state index contributed by atoms with van der Waals surface area (Å²) in [5.41, 5.74) is 0.873. The first kappa shape index (κ1) is 17.7. The highest BCUT2D eigenvalue weighted by Crippen LogP contribution is 2.16. The fourth-order valence-corrected chi connectivity index (χ4v) is 3.38. The van der Waals surface area contributed by atoms with Crippen molar-refractivity contribution < 1.29 is 23.6 Å². The molecule has 1 atom stereocenters. The molecule has 0 saturated carbocycles. The van der Waals surface area contributed by atoms with Crippen molar-refractivity contribution in [1.29, 1.82) is 0 Å². The highest BCUT2D eigenvalue weighted by atomic mass is 32.2. The zero-order valence-electron chi connectivity index (χ0n) is 13.0. The van der Waals surface area contributed by atoms with Gasteiger partial charge in [-0.3, -0.25) is 0 Å². The van der Waals surface area contributed by atoms with Crippen LogP contribution in [0.3, 0.4) is 0 Å². The first-order valence-electron chi connectivity index (χ1n) is 7.23. The van der Waals surface area contributed by atoms with Crippen molar-refractivity contribution in [3.63, 3.8) is 0 Å². The zero-order chi connectivity index (χ0) is 17.6. The topological polar surface area (TPSA) is 93.0 Å². The Kier molecular flexibility index (Phi) is 5.70. The number of ether oxygens (including phenoxy) is 1. The minimum Gasteiger partial charge on any atom is -0.478 e. The fourth-order valence-electron chi connectivity index (χ4n) is 1.96. The van der Waals surface area contributed by atoms with E-state index in [-0.39, 0.29) is 17.9 Å². The summed E-state index contributed by atoms with van der Waals surface area (Å²) in [6.07, 6.45) is -0.909. The molecule has 0 aliphatic heterocycles. The molecule has 0 saturated heterocycles. The first-order valence-corrected chi connectivity index (χ1v) is 8.92. The van der Waals surface area contributed by atoms with Crippen molar-refractivity contribution >= 4 is 21.8 Å². The maximum atomic E-state index is 12.8. The SMILES string of the molecule is CCS(=O)(=NC(=O)OCc1ccccc1)c1ccc(C(=O)O)cc1. The third-order valence-electron chi connectivity index (χ3n) is 3.29. The molecular formula is C17H17NO5S. The Morgan fingerprint density at radius 2 is 1.71 bits per heavy atom. The van der Waals surface area contributed by atoms with Gasteiger partial charge < -0.3 is 9.84 Å². The van der Waals surface area contributed by atoms with Crippen LogP contribution >= 0.6 is 0 Å². The van der Waals surface area contributed by atoms with Gasteiger partial charge in [-0.15, -0.1) is 4.36 Å². The molecule has 0 aliphatic rings. The van der Waals surface area contributed by atoms with E-state index in [1.807, 2.05) is 18.2 Å². The number of benzene rings is 2. The van der Waals surface area contributed by atoms with Gasteiger partial charge in [-0.2, -0.15) is 0 Å². The predicted octanol–water partition coefficient (Wildman–Crippen LogP) is 3.57. The molecule has 2 aromatic carbocycles. The lowest BCUT2D eigenvalue weighted by molar-refractivity contribution is 0.0696. The van der Waals surface area contributed by atoms with Gasteiger partial charge in [0.05, 0.1) is 15.3 Å². The Labute approximate surface area is 140 Å². The second-order valence-electron chi connectivity index (χ2n) is 4.89. The lowest BCUT2D eigenvalue weighted by atomic mass is 10.2. The Hall–Kier alpha value is -2.67. The number of carboxylic acids is 1. The van der Waals surface area contributed by atoms with Crippen LogP contribution in [0.5, 0.6) is 0 Å². The predicted molar refractivity (Wildman–Crippen MR) is 89.4 cm³/mol. The van der Waals surface area contributed by atoms with Crippen LogP contribution in [0, 0.1) is 0 Å². The summed E-state index contributed by atoms with van der Waals surface area (Å²) in [5, 5.41) is 8.89. The molecule has 1 amide bonds. The second-order valence-corrected chi connectivity index (χ2v) is 7.40. The minimum atomic E-state index is -2.99. The molecule has 24 heavy (non-hydrogen) atoms. The zero-order valence-corrected chi connectivity index (χ0v) is 13.9. The average molecular weight is 347 g/mol. The number of hydrogen-bond donors (Lipinski definition) is 1. The Bertz CT molecular complexity index is 837. The van der Waals surface area contributed by atoms with E-state index >= 15 is 0 Å². The van der Waals surface area contributed by atoms with E-state index in [1.54, 1.807) is 19.1 Å². The van der Waals surface area contributed by atoms with Crippen molar-refractivity contribution in [3.8, 4) is 0 Å². The standard InChI is InChI=1S/C17H17NO5S/c1-2-24(22,15-10-8-14(9-11-15)16(19)20)18-17(21)23-12-13-6-4-3-5-7-13/h3-11H,2,12H2,1H3,(H,19,20). The number of carboxylic acid groups (broad SMARTS) is 1. The molecule has 0 heterocycles. The summed E-state index contributed by atoms with van der Waals surface area (Å²) < 4.78 is 21.6. The number of carbonyl (C=O) groups is 2. The van der Waals surface area contributed by atoms with Crippen LogP contribution < -0.4 is 0 Å². The van der Waals surface area contributed by atoms with Gasteiger partial charge in [0.25, 0.3) is 0 Å². The lowest BCUT2D eigenvalue weighted by Gasteiger charge is -2.08. The van der Waals surface area contributed by atoms with Crippen LogP contribution in [0.25, 0.3) is 0 Å². The van der Waals surface area contributed by atoms with Gasteiger partial charge in [0.15, 0.2) is 0 Å². The van der Waals surface area contributed by atoms with Gasteiger partial charge in [0.1, 0.15) is 6.61 Å². The number of aromatic carboxylic acids is 1. The van der Waals surface area contributed by atoms with Gasteiger partial charge in [-0.05, 0) is 29.8 Å². The van der Waals surface area contributed by atoms with E-state index in [1.165, 1.54) is 24.3 Å². The van der Waals surface area contributed by atoms with Gasteiger partial charge in [0, 0.05) is 10.6 Å². The van der Waals surface area contributed by atoms with E-state index in [2.05, 4.69) is 4.36 Å². The Balaban J connectivity index is 2.18. The molecular weight excluding hydrogens is 330 g/mol. The van der Waals surface area contributed by atoms with Crippen LogP contribution in [-0.2, 0) is 21.1 Å². The Morgan fingerprint density at radius 1 is 1.08 bits per heavy atom. The highest BCUT2D eigenvalue weighted by Gasteiger charge is 2.15. The molecule has 0 spiro atoms. The highest BCUT2D eigenvalue weighted by molar-refractivity contribution is 7.93. The normalized spacial score (nSPS) is 12.9. The number of rotatable bonds is 5. The second kappa shape index (κ2) is 7.74. The van der Waals surface area contributed by atoms with E-state index in [0.717, 1.165) is 5.56 Å². The van der Waals surface area contributed by atoms with E-state index in [4.69, 9.17) is 9.84 Å². The average Bonchev–Trinajstić information content (AvgIpc) is 2.61. The van der Waals surface area contributed by atoms with Gasteiger partial charge >= 0.3 is 12.1 Å². The van der Waals surface area contributed by atoms with Crippen molar-refractivity contribution in [2.75, 3.05) is 5.75 Å². The van der Waals surface area contributed by atoms with Crippen molar-refractivity contribution in [2.45, 2.75) is 18.4 Å². The van der Waals surface area contributed by atoms with E-state index in [9.17, 15) is 13.8 Å². The summed E-state index contributed by atoms with van der Waals surface area (Å²) in [5.74, 6) is -0.969. The van der Waals surface area contributed by atoms with Gasteiger partial charge in [-0.1, -0.05) is 37.3 Å². The maximum Gasteiger partial charge on any atom is 0.442 e. The minimum absolute atomic E-state index is 0.0420. The van der Waals surface area contributed by atoms with E-state index in [0.29, 0.717) is 4.90 Å². The molecule has 0 aliphatic carbocycles. The summed E-state index contributed by atoms with van der Waals surface area (Å²) in [7, 11) is -2.99. The summed E-state index contributed by atoms with van der Waals surface area (Å²) in [4.78, 5) is 23.0. The molecule has 7 heteroatoms. The Morgan fingerprint density at radius 3 is 2.25 bits per heavy atom. The summed E-state index contributed by atoms with van der Waals surface area (Å²) in [6.45, 7) is 1.68. The van der Waals surface area contributed by atoms with Crippen LogP contribution in [0.1, 0.15) is 22.8 Å². The van der Waals surface area contributed by atoms with Crippen LogP contribution in [-0.4, -0.2) is 27.1 Å². The molecule has 6 nitrogen and oxygen atoms in total. The third-order valence-corrected chi connectivity index (χ3v) is 5.52. The monoisotopic (exact) mass is 347 g/mol. The van der Waals surface area contributed by atoms with Gasteiger partial charge in [-0.25, -0.2) is 13.8 Å². The lowest BCUT2D eigenvalue weighted by Crippen LogP contribution is -2.09. The maximum absolute atomic E-state index is 12.8. The first-order chi connectivity index (χ1) is 11.4. The molecule has 0 aromatic heterocycles. The number of nitrogens with zero attached hydrogens (tertiary/aromatic N) is 1. The van der Waals surface area contributed by atoms with Crippen LogP contribution in [0.15, 0.2) is 63.9 Å². The van der Waals surface area contributed by atoms with Crippen molar-refractivity contribution in [1.82, 2.24) is 0 Å². The van der Waals surface area contributed by atoms with E-state index < -0.39 is 21.8 Å². The smallest absolute Gasteiger partial charge is 0.442 e. The van der Waals surface area contributed by atoms with Crippen molar-refractivity contribution in [3.05, 3.63) is 65.7 Å². The largest absolute Gasteiger partial charge is 0.478 e. The molecule has 1 N–H and O–H groups in total. The molecule has 0 fully saturated rings. The quantitative estimate of drug-likeness (QED) is 0.892. The number of amides is 1. The van der Waals surface area contributed by atoms with Crippen molar-refractivity contribution in [2.24, 2.45) is 4.36 Å².